The minimum Gasteiger partial charge on any atom is -0.208 e. The molecule has 276 valence electrons. The molecule has 0 N–H and O–H groups in total. The predicted octanol–water partition coefficient (Wildman–Crippen LogP) is 14.4. The third kappa shape index (κ3) is 5.23. The van der Waals surface area contributed by atoms with E-state index in [0.29, 0.717) is 17.5 Å². The van der Waals surface area contributed by atoms with Crippen LogP contribution in [0.4, 0.5) is 0 Å². The average Bonchev–Trinajstić information content (AvgIpc) is 3.28. The number of hydrogen-bond donors (Lipinski definition) is 0. The van der Waals surface area contributed by atoms with E-state index in [1.807, 2.05) is 18.2 Å². The van der Waals surface area contributed by atoms with Crippen LogP contribution in [0.2, 0.25) is 0 Å². The minimum atomic E-state index is -0.135. The molecular formula is C55H41N3. The van der Waals surface area contributed by atoms with Crippen molar-refractivity contribution in [1.82, 2.24) is 15.0 Å². The summed E-state index contributed by atoms with van der Waals surface area (Å²) in [5.74, 6) is 1.98. The van der Waals surface area contributed by atoms with E-state index in [0.717, 1.165) is 27.8 Å². The van der Waals surface area contributed by atoms with Gasteiger partial charge < -0.3 is 0 Å². The van der Waals surface area contributed by atoms with Gasteiger partial charge in [-0.3, -0.25) is 0 Å². The summed E-state index contributed by atoms with van der Waals surface area (Å²) >= 11 is 0. The summed E-state index contributed by atoms with van der Waals surface area (Å²) in [6.07, 6.45) is 0. The first-order valence-corrected chi connectivity index (χ1v) is 20.2. The van der Waals surface area contributed by atoms with E-state index in [-0.39, 0.29) is 10.8 Å². The minimum absolute atomic E-state index is 0.0777. The highest BCUT2D eigenvalue weighted by molar-refractivity contribution is 6.25. The Labute approximate surface area is 338 Å². The molecule has 58 heavy (non-hydrogen) atoms. The number of fused-ring (bicyclic) bond motifs is 10. The first kappa shape index (κ1) is 34.3. The van der Waals surface area contributed by atoms with Crippen LogP contribution in [0.25, 0.3) is 99.5 Å². The van der Waals surface area contributed by atoms with Gasteiger partial charge in [-0.25, -0.2) is 15.0 Å². The molecule has 1 heterocycles. The number of aromatic nitrogens is 3. The van der Waals surface area contributed by atoms with Gasteiger partial charge in [-0.15, -0.1) is 0 Å². The average molecular weight is 744 g/mol. The molecule has 0 bridgehead atoms. The van der Waals surface area contributed by atoms with Gasteiger partial charge in [0.25, 0.3) is 0 Å². The van der Waals surface area contributed by atoms with Crippen LogP contribution < -0.4 is 0 Å². The largest absolute Gasteiger partial charge is 0.208 e. The molecule has 3 nitrogen and oxygen atoms in total. The molecule has 0 atom stereocenters. The third-order valence-electron chi connectivity index (χ3n) is 13.2. The Balaban J connectivity index is 1.06. The number of hydrogen-bond acceptors (Lipinski definition) is 3. The highest BCUT2D eigenvalue weighted by Crippen LogP contribution is 2.54. The lowest BCUT2D eigenvalue weighted by Crippen LogP contribution is -2.43. The van der Waals surface area contributed by atoms with Gasteiger partial charge in [0.2, 0.25) is 0 Å². The zero-order valence-corrected chi connectivity index (χ0v) is 33.1. The number of benzene rings is 9. The fraction of sp³-hybridized carbons (Fsp3) is 0.109. The SMILES string of the molecule is CC1(C)c2ccccc2-c2ccc(-c3nc(-c4ccccc4)nc(-c4cccc(-c5ccc6ccc7ccc8c9ccccc9ccc8c7c6c5)c4)n3)cc2C1(C)C. The van der Waals surface area contributed by atoms with Crippen molar-refractivity contribution in [1.29, 1.82) is 0 Å². The van der Waals surface area contributed by atoms with E-state index in [9.17, 15) is 0 Å². The monoisotopic (exact) mass is 743 g/mol. The zero-order valence-electron chi connectivity index (χ0n) is 33.1. The van der Waals surface area contributed by atoms with E-state index in [1.165, 1.54) is 65.3 Å². The van der Waals surface area contributed by atoms with Crippen LogP contribution in [0, 0.1) is 0 Å². The van der Waals surface area contributed by atoms with Gasteiger partial charge >= 0.3 is 0 Å². The molecule has 0 aliphatic heterocycles. The van der Waals surface area contributed by atoms with E-state index >= 15 is 0 Å². The summed E-state index contributed by atoms with van der Waals surface area (Å²) in [7, 11) is 0. The fourth-order valence-electron chi connectivity index (χ4n) is 9.38. The molecule has 0 fully saturated rings. The molecule has 10 aromatic rings. The fourth-order valence-corrected chi connectivity index (χ4v) is 9.38. The van der Waals surface area contributed by atoms with Crippen molar-refractivity contribution >= 4 is 43.1 Å². The molecule has 0 amide bonds. The van der Waals surface area contributed by atoms with Crippen molar-refractivity contribution < 1.29 is 0 Å². The van der Waals surface area contributed by atoms with E-state index in [2.05, 4.69) is 185 Å². The van der Waals surface area contributed by atoms with Gasteiger partial charge in [0.1, 0.15) is 0 Å². The molecule has 1 aliphatic rings. The quantitative estimate of drug-likeness (QED) is 0.169. The molecule has 0 spiro atoms. The van der Waals surface area contributed by atoms with Crippen molar-refractivity contribution in [3.05, 3.63) is 187 Å². The molecule has 9 aromatic carbocycles. The van der Waals surface area contributed by atoms with Crippen LogP contribution in [-0.2, 0) is 10.8 Å². The molecule has 0 unspecified atom stereocenters. The molecule has 3 heteroatoms. The Kier molecular flexibility index (Phi) is 7.55. The van der Waals surface area contributed by atoms with E-state index in [1.54, 1.807) is 0 Å². The van der Waals surface area contributed by atoms with Crippen LogP contribution in [0.15, 0.2) is 176 Å². The van der Waals surface area contributed by atoms with Gasteiger partial charge in [0.15, 0.2) is 17.5 Å². The first-order chi connectivity index (χ1) is 28.2. The van der Waals surface area contributed by atoms with Gasteiger partial charge in [-0.1, -0.05) is 185 Å². The van der Waals surface area contributed by atoms with Gasteiger partial charge in [-0.05, 0) is 105 Å². The molecular weight excluding hydrogens is 703 g/mol. The summed E-state index contributed by atoms with van der Waals surface area (Å²) in [5.41, 5.74) is 10.2. The highest BCUT2D eigenvalue weighted by Gasteiger charge is 2.45. The lowest BCUT2D eigenvalue weighted by atomic mass is 9.55. The summed E-state index contributed by atoms with van der Waals surface area (Å²) in [4.78, 5) is 15.5. The number of nitrogens with zero attached hydrogens (tertiary/aromatic N) is 3. The summed E-state index contributed by atoms with van der Waals surface area (Å²) < 4.78 is 0. The zero-order chi connectivity index (χ0) is 39.2. The summed E-state index contributed by atoms with van der Waals surface area (Å²) in [6.45, 7) is 9.46. The maximum absolute atomic E-state index is 5.24. The second kappa shape index (κ2) is 12.8. The van der Waals surface area contributed by atoms with Crippen molar-refractivity contribution in [2.24, 2.45) is 0 Å². The predicted molar refractivity (Wildman–Crippen MR) is 243 cm³/mol. The molecule has 1 aromatic heterocycles. The van der Waals surface area contributed by atoms with Crippen LogP contribution in [0.1, 0.15) is 38.8 Å². The Bertz CT molecular complexity index is 3290. The molecule has 0 saturated carbocycles. The van der Waals surface area contributed by atoms with Crippen LogP contribution in [-0.4, -0.2) is 15.0 Å². The van der Waals surface area contributed by atoms with Crippen molar-refractivity contribution in [2.45, 2.75) is 38.5 Å². The van der Waals surface area contributed by atoms with E-state index < -0.39 is 0 Å². The Morgan fingerprint density at radius 3 is 1.69 bits per heavy atom. The Morgan fingerprint density at radius 1 is 0.310 bits per heavy atom. The van der Waals surface area contributed by atoms with Gasteiger partial charge in [-0.2, -0.15) is 0 Å². The Hall–Kier alpha value is -6.97. The Morgan fingerprint density at radius 2 is 0.845 bits per heavy atom. The lowest BCUT2D eigenvalue weighted by molar-refractivity contribution is 0.299. The first-order valence-electron chi connectivity index (χ1n) is 20.2. The normalized spacial score (nSPS) is 14.1. The van der Waals surface area contributed by atoms with Crippen LogP contribution in [0.5, 0.6) is 0 Å². The standard InChI is InChI=1S/C55H41N3/c1-54(2)48-20-11-10-19-44(48)45-29-27-41(33-49(45)55(54,3)4)53-57-51(37-14-6-5-7-15-37)56-52(58-53)40-17-12-16-38(31-40)39-24-22-35-21-23-36-26-28-43-42-18-9-8-13-34(42)25-30-46(43)50(36)47(35)32-39/h5-33H,1-4H3. The summed E-state index contributed by atoms with van der Waals surface area (Å²) in [6, 6.07) is 63.6. The smallest absolute Gasteiger partial charge is 0.164 e. The molecule has 1 aliphatic carbocycles. The second-order valence-corrected chi connectivity index (χ2v) is 16.9. The van der Waals surface area contributed by atoms with Crippen LogP contribution in [0.3, 0.4) is 0 Å². The maximum Gasteiger partial charge on any atom is 0.164 e. The third-order valence-corrected chi connectivity index (χ3v) is 13.2. The van der Waals surface area contributed by atoms with Gasteiger partial charge in [0, 0.05) is 16.7 Å². The van der Waals surface area contributed by atoms with Crippen molar-refractivity contribution in [3.63, 3.8) is 0 Å². The lowest BCUT2D eigenvalue weighted by Gasteiger charge is -2.48. The van der Waals surface area contributed by atoms with E-state index in [4.69, 9.17) is 15.0 Å². The summed E-state index contributed by atoms with van der Waals surface area (Å²) in [5, 5.41) is 10.1. The van der Waals surface area contributed by atoms with Crippen LogP contribution >= 0.6 is 0 Å². The van der Waals surface area contributed by atoms with Crippen molar-refractivity contribution in [3.8, 4) is 56.4 Å². The molecule has 0 radical (unpaired) electrons. The molecule has 0 saturated heterocycles. The maximum atomic E-state index is 5.24. The highest BCUT2D eigenvalue weighted by atomic mass is 15.0. The molecule has 11 rings (SSSR count). The number of rotatable bonds is 4. The van der Waals surface area contributed by atoms with Gasteiger partial charge in [0.05, 0.1) is 0 Å². The van der Waals surface area contributed by atoms with Crippen molar-refractivity contribution in [2.75, 3.05) is 0 Å². The second-order valence-electron chi connectivity index (χ2n) is 16.9. The topological polar surface area (TPSA) is 38.7 Å².